The minimum atomic E-state index is 0.191. The number of methoxy groups -OCH3 is 1. The van der Waals surface area contributed by atoms with Crippen molar-refractivity contribution in [3.8, 4) is 11.8 Å². The molecule has 2 heteroatoms. The normalized spacial score (nSPS) is 13.3. The van der Waals surface area contributed by atoms with Crippen LogP contribution >= 0.6 is 0 Å². The summed E-state index contributed by atoms with van der Waals surface area (Å²) in [5, 5.41) is 9.38. The van der Waals surface area contributed by atoms with Crippen molar-refractivity contribution in [2.45, 2.75) is 72.1 Å². The highest BCUT2D eigenvalue weighted by molar-refractivity contribution is 5.36. The molecule has 0 radical (unpaired) electrons. The lowest BCUT2D eigenvalue weighted by atomic mass is 9.91. The number of aryl methyl sites for hydroxylation is 2. The SMILES string of the molecule is CCCCC(C)CCCC(C#N)CCc1ccc(OC)c(C)c1. The number of rotatable bonds is 11. The molecule has 0 spiro atoms. The molecule has 128 valence electrons. The molecule has 1 aromatic rings. The van der Waals surface area contributed by atoms with Gasteiger partial charge in [-0.15, -0.1) is 0 Å². The molecule has 2 nitrogen and oxygen atoms in total. The number of ether oxygens (including phenoxy) is 1. The van der Waals surface area contributed by atoms with Crippen LogP contribution in [0.3, 0.4) is 0 Å². The van der Waals surface area contributed by atoms with Gasteiger partial charge in [0, 0.05) is 5.92 Å². The highest BCUT2D eigenvalue weighted by atomic mass is 16.5. The van der Waals surface area contributed by atoms with Crippen LogP contribution in [0.25, 0.3) is 0 Å². The fourth-order valence-electron chi connectivity index (χ4n) is 3.12. The lowest BCUT2D eigenvalue weighted by molar-refractivity contribution is 0.411. The quantitative estimate of drug-likeness (QED) is 0.496. The summed E-state index contributed by atoms with van der Waals surface area (Å²) < 4.78 is 5.30. The fourth-order valence-corrected chi connectivity index (χ4v) is 3.12. The smallest absolute Gasteiger partial charge is 0.121 e. The lowest BCUT2D eigenvalue weighted by Crippen LogP contribution is -2.02. The van der Waals surface area contributed by atoms with Gasteiger partial charge in [-0.2, -0.15) is 5.26 Å². The number of nitrogens with zero attached hydrogens (tertiary/aromatic N) is 1. The zero-order valence-corrected chi connectivity index (χ0v) is 15.4. The molecule has 2 atom stereocenters. The molecule has 0 aliphatic heterocycles. The molecule has 1 aromatic carbocycles. The van der Waals surface area contributed by atoms with Crippen LogP contribution in [0, 0.1) is 30.1 Å². The average Bonchev–Trinajstić information content (AvgIpc) is 2.56. The van der Waals surface area contributed by atoms with Crippen molar-refractivity contribution in [2.75, 3.05) is 7.11 Å². The third-order valence-electron chi connectivity index (χ3n) is 4.72. The zero-order chi connectivity index (χ0) is 17.1. The van der Waals surface area contributed by atoms with Crippen LogP contribution in [0.15, 0.2) is 18.2 Å². The van der Waals surface area contributed by atoms with Gasteiger partial charge in [0.2, 0.25) is 0 Å². The van der Waals surface area contributed by atoms with Crippen molar-refractivity contribution >= 4 is 0 Å². The molecule has 0 aliphatic rings. The first kappa shape index (κ1) is 19.6. The summed E-state index contributed by atoms with van der Waals surface area (Å²) in [5.41, 5.74) is 2.48. The third kappa shape index (κ3) is 7.55. The third-order valence-corrected chi connectivity index (χ3v) is 4.72. The van der Waals surface area contributed by atoms with E-state index in [9.17, 15) is 5.26 Å². The minimum Gasteiger partial charge on any atom is -0.496 e. The largest absolute Gasteiger partial charge is 0.496 e. The Morgan fingerprint density at radius 1 is 1.13 bits per heavy atom. The van der Waals surface area contributed by atoms with Gasteiger partial charge in [-0.3, -0.25) is 0 Å². The predicted molar refractivity (Wildman–Crippen MR) is 97.7 cm³/mol. The van der Waals surface area contributed by atoms with E-state index in [1.165, 1.54) is 43.2 Å². The Hall–Kier alpha value is -1.49. The summed E-state index contributed by atoms with van der Waals surface area (Å²) in [4.78, 5) is 0. The first-order valence-electron chi connectivity index (χ1n) is 9.13. The molecule has 0 fully saturated rings. The Morgan fingerprint density at radius 2 is 1.87 bits per heavy atom. The minimum absolute atomic E-state index is 0.191. The monoisotopic (exact) mass is 315 g/mol. The Balaban J connectivity index is 2.34. The van der Waals surface area contributed by atoms with Gasteiger partial charge in [0.1, 0.15) is 5.75 Å². The molecule has 0 N–H and O–H groups in total. The molecule has 0 amide bonds. The predicted octanol–water partition coefficient (Wildman–Crippen LogP) is 6.07. The van der Waals surface area contributed by atoms with Crippen molar-refractivity contribution < 1.29 is 4.74 Å². The van der Waals surface area contributed by atoms with Gasteiger partial charge in [-0.05, 0) is 49.3 Å². The Morgan fingerprint density at radius 3 is 2.48 bits per heavy atom. The van der Waals surface area contributed by atoms with E-state index in [0.29, 0.717) is 0 Å². The molecule has 2 unspecified atom stereocenters. The molecule has 0 saturated carbocycles. The average molecular weight is 316 g/mol. The van der Waals surface area contributed by atoms with E-state index in [1.807, 2.05) is 6.07 Å². The van der Waals surface area contributed by atoms with Gasteiger partial charge in [0.25, 0.3) is 0 Å². The van der Waals surface area contributed by atoms with Gasteiger partial charge in [-0.25, -0.2) is 0 Å². The molecule has 0 bridgehead atoms. The van der Waals surface area contributed by atoms with Crippen LogP contribution in [0.1, 0.15) is 69.9 Å². The maximum Gasteiger partial charge on any atom is 0.121 e. The van der Waals surface area contributed by atoms with Gasteiger partial charge in [0.05, 0.1) is 13.2 Å². The zero-order valence-electron chi connectivity index (χ0n) is 15.4. The molecule has 0 aliphatic carbocycles. The van der Waals surface area contributed by atoms with E-state index in [-0.39, 0.29) is 5.92 Å². The second-order valence-electron chi connectivity index (χ2n) is 6.85. The highest BCUT2D eigenvalue weighted by Crippen LogP contribution is 2.23. The number of hydrogen-bond acceptors (Lipinski definition) is 2. The lowest BCUT2D eigenvalue weighted by Gasteiger charge is -2.13. The summed E-state index contributed by atoms with van der Waals surface area (Å²) in [6.07, 6.45) is 9.39. The van der Waals surface area contributed by atoms with E-state index in [1.54, 1.807) is 7.11 Å². The van der Waals surface area contributed by atoms with Crippen molar-refractivity contribution in [3.05, 3.63) is 29.3 Å². The van der Waals surface area contributed by atoms with Crippen molar-refractivity contribution in [1.29, 1.82) is 5.26 Å². The van der Waals surface area contributed by atoms with Crippen LogP contribution in [0.2, 0.25) is 0 Å². The standard InChI is InChI=1S/C21H33NO/c1-5-6-8-17(2)9-7-10-20(16-22)12-11-19-13-14-21(23-4)18(3)15-19/h13-15,17,20H,5-12H2,1-4H3. The van der Waals surface area contributed by atoms with Crippen LogP contribution in [-0.2, 0) is 6.42 Å². The van der Waals surface area contributed by atoms with Crippen LogP contribution < -0.4 is 4.74 Å². The Labute approximate surface area is 142 Å². The summed E-state index contributed by atoms with van der Waals surface area (Å²) in [5.74, 6) is 1.93. The molecule has 0 aromatic heterocycles. The summed E-state index contributed by atoms with van der Waals surface area (Å²) in [6.45, 7) is 6.66. The number of benzene rings is 1. The van der Waals surface area contributed by atoms with Gasteiger partial charge < -0.3 is 4.74 Å². The van der Waals surface area contributed by atoms with Crippen LogP contribution in [0.4, 0.5) is 0 Å². The Bertz CT molecular complexity index is 489. The molecule has 1 rings (SSSR count). The molecular weight excluding hydrogens is 282 g/mol. The van der Waals surface area contributed by atoms with E-state index in [4.69, 9.17) is 4.74 Å². The van der Waals surface area contributed by atoms with Gasteiger partial charge in [0.15, 0.2) is 0 Å². The van der Waals surface area contributed by atoms with Crippen molar-refractivity contribution in [1.82, 2.24) is 0 Å². The van der Waals surface area contributed by atoms with Crippen LogP contribution in [0.5, 0.6) is 5.75 Å². The number of unbranched alkanes of at least 4 members (excludes halogenated alkanes) is 1. The second kappa shape index (κ2) is 11.1. The summed E-state index contributed by atoms with van der Waals surface area (Å²) >= 11 is 0. The van der Waals surface area contributed by atoms with Crippen molar-refractivity contribution in [2.24, 2.45) is 11.8 Å². The molecule has 0 heterocycles. The van der Waals surface area contributed by atoms with E-state index >= 15 is 0 Å². The second-order valence-corrected chi connectivity index (χ2v) is 6.85. The first-order valence-corrected chi connectivity index (χ1v) is 9.13. The summed E-state index contributed by atoms with van der Waals surface area (Å²) in [6, 6.07) is 8.83. The molecule has 0 saturated heterocycles. The topological polar surface area (TPSA) is 33.0 Å². The van der Waals surface area contributed by atoms with Crippen LogP contribution in [-0.4, -0.2) is 7.11 Å². The van der Waals surface area contributed by atoms with E-state index < -0.39 is 0 Å². The molecule has 23 heavy (non-hydrogen) atoms. The fraction of sp³-hybridized carbons (Fsp3) is 0.667. The van der Waals surface area contributed by atoms with Crippen molar-refractivity contribution in [3.63, 3.8) is 0 Å². The first-order chi connectivity index (χ1) is 11.1. The van der Waals surface area contributed by atoms with E-state index in [2.05, 4.69) is 39.0 Å². The number of hydrogen-bond donors (Lipinski definition) is 0. The maximum atomic E-state index is 9.38. The highest BCUT2D eigenvalue weighted by Gasteiger charge is 2.10. The van der Waals surface area contributed by atoms with E-state index in [0.717, 1.165) is 30.9 Å². The summed E-state index contributed by atoms with van der Waals surface area (Å²) in [7, 11) is 1.70. The Kier molecular flexibility index (Phi) is 9.45. The number of nitriles is 1. The maximum absolute atomic E-state index is 9.38. The van der Waals surface area contributed by atoms with Gasteiger partial charge >= 0.3 is 0 Å². The van der Waals surface area contributed by atoms with Gasteiger partial charge in [-0.1, -0.05) is 58.1 Å². The molecular formula is C21H33NO.